The number of carbonyl (C=O) groups is 1. The summed E-state index contributed by atoms with van der Waals surface area (Å²) in [6.45, 7) is 6.27. The van der Waals surface area contributed by atoms with Gasteiger partial charge in [-0.1, -0.05) is 18.9 Å². The Bertz CT molecular complexity index is 385. The van der Waals surface area contributed by atoms with E-state index in [1.54, 1.807) is 0 Å². The number of aromatic nitrogens is 1. The number of alkyl carbamates (subject to hydrolysis) is 1. The second-order valence-electron chi connectivity index (χ2n) is 5.91. The third-order valence-electron chi connectivity index (χ3n) is 2.75. The zero-order valence-corrected chi connectivity index (χ0v) is 12.8. The van der Waals surface area contributed by atoms with Gasteiger partial charge < -0.3 is 10.1 Å². The lowest BCUT2D eigenvalue weighted by molar-refractivity contribution is 0.0527. The second kappa shape index (κ2) is 8.56. The van der Waals surface area contributed by atoms with E-state index in [1.807, 2.05) is 39.1 Å². The van der Waals surface area contributed by atoms with Gasteiger partial charge in [0.1, 0.15) is 5.60 Å². The maximum absolute atomic E-state index is 11.4. The second-order valence-corrected chi connectivity index (χ2v) is 5.91. The summed E-state index contributed by atoms with van der Waals surface area (Å²) in [6, 6.07) is 6.02. The van der Waals surface area contributed by atoms with Gasteiger partial charge in [-0.05, 0) is 52.2 Å². The number of hydrogen-bond donors (Lipinski definition) is 1. The van der Waals surface area contributed by atoms with Crippen molar-refractivity contribution in [3.8, 4) is 0 Å². The van der Waals surface area contributed by atoms with Gasteiger partial charge in [0.25, 0.3) is 0 Å². The fraction of sp³-hybridized carbons (Fsp3) is 0.625. The molecule has 112 valence electrons. The van der Waals surface area contributed by atoms with Crippen LogP contribution in [-0.4, -0.2) is 23.2 Å². The average Bonchev–Trinajstić information content (AvgIpc) is 2.37. The highest BCUT2D eigenvalue weighted by Crippen LogP contribution is 2.07. The molecule has 0 atom stereocenters. The van der Waals surface area contributed by atoms with Crippen LogP contribution in [0.3, 0.4) is 0 Å². The molecule has 1 amide bonds. The van der Waals surface area contributed by atoms with Crippen LogP contribution in [0.2, 0.25) is 0 Å². The van der Waals surface area contributed by atoms with Crippen molar-refractivity contribution in [2.75, 3.05) is 6.54 Å². The highest BCUT2D eigenvalue weighted by atomic mass is 16.6. The third kappa shape index (κ3) is 8.51. The van der Waals surface area contributed by atoms with Crippen molar-refractivity contribution >= 4 is 6.09 Å². The maximum atomic E-state index is 11.4. The molecule has 0 aromatic carbocycles. The summed E-state index contributed by atoms with van der Waals surface area (Å²) in [5.41, 5.74) is 0.728. The lowest BCUT2D eigenvalue weighted by Gasteiger charge is -2.19. The quantitative estimate of drug-likeness (QED) is 0.773. The average molecular weight is 278 g/mol. The molecule has 1 N–H and O–H groups in total. The smallest absolute Gasteiger partial charge is 0.407 e. The van der Waals surface area contributed by atoms with Crippen LogP contribution in [0.1, 0.15) is 52.1 Å². The van der Waals surface area contributed by atoms with E-state index >= 15 is 0 Å². The van der Waals surface area contributed by atoms with Crippen LogP contribution in [0.4, 0.5) is 4.79 Å². The van der Waals surface area contributed by atoms with Gasteiger partial charge in [-0.15, -0.1) is 0 Å². The molecule has 0 unspecified atom stereocenters. The van der Waals surface area contributed by atoms with Gasteiger partial charge in [-0.3, -0.25) is 4.98 Å². The Balaban J connectivity index is 1.96. The van der Waals surface area contributed by atoms with Crippen LogP contribution in [0.25, 0.3) is 0 Å². The molecule has 0 aliphatic heterocycles. The number of ether oxygens (including phenoxy) is 1. The molecule has 0 fully saturated rings. The lowest BCUT2D eigenvalue weighted by atomic mass is 10.1. The fourth-order valence-electron chi connectivity index (χ4n) is 1.84. The van der Waals surface area contributed by atoms with E-state index in [9.17, 15) is 4.79 Å². The van der Waals surface area contributed by atoms with Gasteiger partial charge in [0.05, 0.1) is 0 Å². The first-order chi connectivity index (χ1) is 9.47. The summed E-state index contributed by atoms with van der Waals surface area (Å²) in [4.78, 5) is 15.7. The number of rotatable bonds is 7. The molecule has 4 nitrogen and oxygen atoms in total. The molecule has 0 bridgehead atoms. The van der Waals surface area contributed by atoms with Crippen molar-refractivity contribution in [3.05, 3.63) is 30.1 Å². The highest BCUT2D eigenvalue weighted by Gasteiger charge is 2.15. The number of hydrogen-bond acceptors (Lipinski definition) is 3. The molecule has 0 saturated carbocycles. The maximum Gasteiger partial charge on any atom is 0.407 e. The first kappa shape index (κ1) is 16.5. The van der Waals surface area contributed by atoms with Crippen LogP contribution in [0.5, 0.6) is 0 Å². The zero-order chi connectivity index (χ0) is 14.8. The number of nitrogens with one attached hydrogen (secondary N) is 1. The topological polar surface area (TPSA) is 51.2 Å². The minimum Gasteiger partial charge on any atom is -0.444 e. The van der Waals surface area contributed by atoms with Crippen LogP contribution in [0, 0.1) is 0 Å². The van der Waals surface area contributed by atoms with E-state index in [0.717, 1.165) is 37.8 Å². The van der Waals surface area contributed by atoms with Crippen molar-refractivity contribution in [1.29, 1.82) is 0 Å². The van der Waals surface area contributed by atoms with E-state index < -0.39 is 5.60 Å². The van der Waals surface area contributed by atoms with Gasteiger partial charge in [-0.2, -0.15) is 0 Å². The monoisotopic (exact) mass is 278 g/mol. The number of amides is 1. The van der Waals surface area contributed by atoms with Gasteiger partial charge in [0.15, 0.2) is 0 Å². The van der Waals surface area contributed by atoms with E-state index in [0.29, 0.717) is 6.54 Å². The lowest BCUT2D eigenvalue weighted by Crippen LogP contribution is -2.32. The summed E-state index contributed by atoms with van der Waals surface area (Å²) < 4.78 is 5.16. The van der Waals surface area contributed by atoms with E-state index in [-0.39, 0.29) is 6.09 Å². The first-order valence-electron chi connectivity index (χ1n) is 7.34. The fourth-order valence-corrected chi connectivity index (χ4v) is 1.84. The Kier molecular flexibility index (Phi) is 7.05. The van der Waals surface area contributed by atoms with Crippen molar-refractivity contribution in [2.24, 2.45) is 0 Å². The summed E-state index contributed by atoms with van der Waals surface area (Å²) in [5, 5.41) is 2.77. The summed E-state index contributed by atoms with van der Waals surface area (Å²) >= 11 is 0. The molecule has 1 aromatic rings. The molecule has 0 saturated heterocycles. The largest absolute Gasteiger partial charge is 0.444 e. The minimum atomic E-state index is -0.424. The molecule has 0 radical (unpaired) electrons. The Hall–Kier alpha value is -1.58. The normalized spacial score (nSPS) is 11.2. The molecule has 1 aromatic heterocycles. The van der Waals surface area contributed by atoms with Crippen LogP contribution >= 0.6 is 0 Å². The van der Waals surface area contributed by atoms with Crippen molar-refractivity contribution in [3.63, 3.8) is 0 Å². The molecule has 20 heavy (non-hydrogen) atoms. The van der Waals surface area contributed by atoms with Crippen molar-refractivity contribution < 1.29 is 9.53 Å². The van der Waals surface area contributed by atoms with E-state index in [1.165, 1.54) is 0 Å². The van der Waals surface area contributed by atoms with Gasteiger partial charge >= 0.3 is 6.09 Å². The minimum absolute atomic E-state index is 0.328. The predicted octanol–water partition coefficient (Wildman–Crippen LogP) is 3.71. The number of unbranched alkanes of at least 4 members (excludes halogenated alkanes) is 3. The zero-order valence-electron chi connectivity index (χ0n) is 12.8. The van der Waals surface area contributed by atoms with Gasteiger partial charge in [0, 0.05) is 18.4 Å². The van der Waals surface area contributed by atoms with Crippen LogP contribution < -0.4 is 5.32 Å². The molecule has 4 heteroatoms. The summed E-state index contributed by atoms with van der Waals surface area (Å²) in [7, 11) is 0. The van der Waals surface area contributed by atoms with Crippen molar-refractivity contribution in [1.82, 2.24) is 10.3 Å². The van der Waals surface area contributed by atoms with Gasteiger partial charge in [0.2, 0.25) is 0 Å². The SMILES string of the molecule is CC(C)(C)OC(=O)NCCCCCCc1ccccn1. The molecule has 0 spiro atoms. The van der Waals surface area contributed by atoms with E-state index in [2.05, 4.69) is 16.4 Å². The number of nitrogens with zero attached hydrogens (tertiary/aromatic N) is 1. The molecular weight excluding hydrogens is 252 g/mol. The first-order valence-corrected chi connectivity index (χ1v) is 7.34. The standard InChI is InChI=1S/C16H26N2O2/c1-16(2,3)20-15(19)18-13-8-5-4-6-10-14-11-7-9-12-17-14/h7,9,11-12H,4-6,8,10,13H2,1-3H3,(H,18,19). The Morgan fingerprint density at radius 2 is 1.95 bits per heavy atom. The highest BCUT2D eigenvalue weighted by molar-refractivity contribution is 5.67. The summed E-state index contributed by atoms with van der Waals surface area (Å²) in [5.74, 6) is 0. The Labute approximate surface area is 121 Å². The molecule has 1 rings (SSSR count). The number of carbonyl (C=O) groups excluding carboxylic acids is 1. The molecule has 0 aliphatic carbocycles. The number of aryl methyl sites for hydroxylation is 1. The molecular formula is C16H26N2O2. The Morgan fingerprint density at radius 1 is 1.20 bits per heavy atom. The molecule has 0 aliphatic rings. The summed E-state index contributed by atoms with van der Waals surface area (Å²) in [6.07, 6.45) is 6.94. The van der Waals surface area contributed by atoms with Gasteiger partial charge in [-0.25, -0.2) is 4.79 Å². The third-order valence-corrected chi connectivity index (χ3v) is 2.75. The number of pyridine rings is 1. The Morgan fingerprint density at radius 3 is 2.60 bits per heavy atom. The van der Waals surface area contributed by atoms with Crippen LogP contribution in [0.15, 0.2) is 24.4 Å². The molecule has 1 heterocycles. The predicted molar refractivity (Wildman–Crippen MR) is 80.6 cm³/mol. The van der Waals surface area contributed by atoms with Crippen LogP contribution in [-0.2, 0) is 11.2 Å². The van der Waals surface area contributed by atoms with Crippen molar-refractivity contribution in [2.45, 2.75) is 58.5 Å². The van der Waals surface area contributed by atoms with E-state index in [4.69, 9.17) is 4.74 Å².